The molecule has 0 radical (unpaired) electrons. The van der Waals surface area contributed by atoms with Crippen LogP contribution in [0, 0.1) is 12.3 Å². The minimum absolute atomic E-state index is 0.0591. The van der Waals surface area contributed by atoms with Gasteiger partial charge in [-0.2, -0.15) is 10.2 Å². The number of carbonyl (C=O) groups is 3. The molecule has 8 heteroatoms. The Morgan fingerprint density at radius 1 is 1.12 bits per heavy atom. The lowest BCUT2D eigenvalue weighted by atomic mass is 10.0. The molecule has 0 fully saturated rings. The summed E-state index contributed by atoms with van der Waals surface area (Å²) in [4.78, 5) is 39.3. The topological polar surface area (TPSA) is 100 Å². The number of benzene rings is 2. The third kappa shape index (κ3) is 4.10. The van der Waals surface area contributed by atoms with Crippen LogP contribution < -0.4 is 10.1 Å². The van der Waals surface area contributed by atoms with Crippen molar-refractivity contribution in [2.75, 3.05) is 13.7 Å². The first-order valence-corrected chi connectivity index (χ1v) is 10.3. The lowest BCUT2D eigenvalue weighted by Crippen LogP contribution is -2.30. The molecule has 32 heavy (non-hydrogen) atoms. The first-order chi connectivity index (χ1) is 15.5. The van der Waals surface area contributed by atoms with E-state index in [1.807, 2.05) is 0 Å². The monoisotopic (exact) mass is 430 g/mol. The van der Waals surface area contributed by atoms with E-state index in [4.69, 9.17) is 11.2 Å². The van der Waals surface area contributed by atoms with Crippen LogP contribution in [-0.2, 0) is 6.54 Å². The van der Waals surface area contributed by atoms with Gasteiger partial charge in [0.25, 0.3) is 17.7 Å². The molecule has 8 nitrogen and oxygen atoms in total. The average Bonchev–Trinajstić information content (AvgIpc) is 3.55. The fourth-order valence-electron chi connectivity index (χ4n) is 3.74. The van der Waals surface area contributed by atoms with E-state index < -0.39 is 5.66 Å². The van der Waals surface area contributed by atoms with Gasteiger partial charge in [0.2, 0.25) is 0 Å². The van der Waals surface area contributed by atoms with Crippen LogP contribution >= 0.6 is 0 Å². The predicted molar refractivity (Wildman–Crippen MR) is 116 cm³/mol. The van der Waals surface area contributed by atoms with E-state index in [0.717, 1.165) is 0 Å². The number of hydrogen-bond donors (Lipinski definition) is 1. The van der Waals surface area contributed by atoms with Gasteiger partial charge in [0.15, 0.2) is 5.66 Å². The van der Waals surface area contributed by atoms with E-state index in [0.29, 0.717) is 53.8 Å². The van der Waals surface area contributed by atoms with E-state index in [1.165, 1.54) is 12.0 Å². The molecular formula is C24H22N4O4. The van der Waals surface area contributed by atoms with Crippen molar-refractivity contribution >= 4 is 17.7 Å². The van der Waals surface area contributed by atoms with Crippen molar-refractivity contribution in [2.24, 2.45) is 10.2 Å². The molecule has 1 N–H and O–H groups in total. The fourth-order valence-corrected chi connectivity index (χ4v) is 3.74. The summed E-state index contributed by atoms with van der Waals surface area (Å²) in [6, 6.07) is 11.7. The van der Waals surface area contributed by atoms with Crippen LogP contribution in [0.5, 0.6) is 5.75 Å². The lowest BCUT2D eigenvalue weighted by molar-refractivity contribution is 0.0642. The van der Waals surface area contributed by atoms with Crippen molar-refractivity contribution in [3.8, 4) is 18.1 Å². The van der Waals surface area contributed by atoms with Crippen molar-refractivity contribution in [1.82, 2.24) is 10.2 Å². The van der Waals surface area contributed by atoms with Crippen molar-refractivity contribution in [3.63, 3.8) is 0 Å². The summed E-state index contributed by atoms with van der Waals surface area (Å²) >= 11 is 0. The molecule has 0 aromatic heterocycles. The Morgan fingerprint density at radius 2 is 1.81 bits per heavy atom. The van der Waals surface area contributed by atoms with Gasteiger partial charge in [-0.25, -0.2) is 0 Å². The van der Waals surface area contributed by atoms with Crippen LogP contribution in [-0.4, -0.2) is 41.9 Å². The minimum atomic E-state index is -0.475. The highest BCUT2D eigenvalue weighted by molar-refractivity contribution is 6.21. The molecule has 0 bridgehead atoms. The van der Waals surface area contributed by atoms with Gasteiger partial charge in [0, 0.05) is 25.8 Å². The molecule has 2 aromatic rings. The summed E-state index contributed by atoms with van der Waals surface area (Å²) in [6.07, 6.45) is 7.11. The van der Waals surface area contributed by atoms with Gasteiger partial charge in [-0.3, -0.25) is 19.3 Å². The number of nitrogens with one attached hydrogen (secondary N) is 1. The number of ether oxygens (including phenoxy) is 1. The van der Waals surface area contributed by atoms with Gasteiger partial charge >= 0.3 is 0 Å². The highest BCUT2D eigenvalue weighted by atomic mass is 16.5. The number of amides is 3. The Hall–Kier alpha value is -3.99. The normalized spacial score (nSPS) is 15.3. The third-order valence-corrected chi connectivity index (χ3v) is 5.59. The molecule has 0 unspecified atom stereocenters. The number of carbonyl (C=O) groups excluding carboxylic acids is 3. The van der Waals surface area contributed by atoms with Crippen molar-refractivity contribution in [2.45, 2.75) is 31.5 Å². The Labute approximate surface area is 185 Å². The molecule has 3 amide bonds. The van der Waals surface area contributed by atoms with E-state index in [-0.39, 0.29) is 24.3 Å². The molecule has 0 spiro atoms. The first kappa shape index (κ1) is 21.2. The van der Waals surface area contributed by atoms with Crippen LogP contribution in [0.4, 0.5) is 0 Å². The minimum Gasteiger partial charge on any atom is -0.496 e. The van der Waals surface area contributed by atoms with Gasteiger partial charge in [0.1, 0.15) is 5.75 Å². The van der Waals surface area contributed by atoms with E-state index in [2.05, 4.69) is 21.5 Å². The second-order valence-electron chi connectivity index (χ2n) is 7.67. The van der Waals surface area contributed by atoms with Gasteiger partial charge in [-0.05, 0) is 29.8 Å². The molecule has 0 saturated heterocycles. The third-order valence-electron chi connectivity index (χ3n) is 5.59. The quantitative estimate of drug-likeness (QED) is 0.488. The molecule has 2 heterocycles. The maximum Gasteiger partial charge on any atom is 0.261 e. The SMILES string of the molecule is C#CCCC1(CCNC(=O)c2cc(CN3C(=O)c4ccccc4C3=O)ccc2OC)N=N1. The summed E-state index contributed by atoms with van der Waals surface area (Å²) < 4.78 is 5.33. The number of fused-ring (bicyclic) bond motifs is 1. The zero-order valence-electron chi connectivity index (χ0n) is 17.6. The van der Waals surface area contributed by atoms with E-state index in [9.17, 15) is 14.4 Å². The number of nitrogens with zero attached hydrogens (tertiary/aromatic N) is 3. The van der Waals surface area contributed by atoms with Gasteiger partial charge in [0.05, 0.1) is 30.3 Å². The van der Waals surface area contributed by atoms with Crippen LogP contribution in [0.25, 0.3) is 0 Å². The molecule has 0 saturated carbocycles. The molecule has 2 aliphatic heterocycles. The highest BCUT2D eigenvalue weighted by Gasteiger charge is 2.39. The fraction of sp³-hybridized carbons (Fsp3) is 0.292. The van der Waals surface area contributed by atoms with Crippen LogP contribution in [0.3, 0.4) is 0 Å². The number of imide groups is 1. The number of terminal acetylenes is 1. The number of rotatable bonds is 9. The molecule has 0 aliphatic carbocycles. The molecule has 2 aromatic carbocycles. The average molecular weight is 430 g/mol. The summed E-state index contributed by atoms with van der Waals surface area (Å²) in [5.74, 6) is 1.96. The van der Waals surface area contributed by atoms with Crippen LogP contribution in [0.15, 0.2) is 52.7 Å². The molecule has 4 rings (SSSR count). The van der Waals surface area contributed by atoms with E-state index in [1.54, 1.807) is 42.5 Å². The standard InChI is InChI=1S/C24H22N4O4/c1-3-4-11-24(26-27-24)12-13-25-21(29)19-14-16(9-10-20(19)32-2)15-28-22(30)17-7-5-6-8-18(17)23(28)31/h1,5-10,14H,4,11-13,15H2,2H3,(H,25,29). The second kappa shape index (κ2) is 8.63. The maximum absolute atomic E-state index is 12.8. The Morgan fingerprint density at radius 3 is 2.41 bits per heavy atom. The summed E-state index contributed by atoms with van der Waals surface area (Å²) in [7, 11) is 1.48. The predicted octanol–water partition coefficient (Wildman–Crippen LogP) is 3.19. The highest BCUT2D eigenvalue weighted by Crippen LogP contribution is 2.36. The van der Waals surface area contributed by atoms with Gasteiger partial charge in [-0.1, -0.05) is 18.2 Å². The largest absolute Gasteiger partial charge is 0.496 e. The lowest BCUT2D eigenvalue weighted by Gasteiger charge is -2.16. The summed E-state index contributed by atoms with van der Waals surface area (Å²) in [5, 5.41) is 11.0. The number of methoxy groups -OCH3 is 1. The van der Waals surface area contributed by atoms with Crippen molar-refractivity contribution in [1.29, 1.82) is 0 Å². The van der Waals surface area contributed by atoms with Crippen LogP contribution in [0.1, 0.15) is 55.9 Å². The maximum atomic E-state index is 12.8. The second-order valence-corrected chi connectivity index (χ2v) is 7.67. The zero-order chi connectivity index (χ0) is 22.7. The number of hydrogen-bond acceptors (Lipinski definition) is 6. The zero-order valence-corrected chi connectivity index (χ0v) is 17.6. The van der Waals surface area contributed by atoms with Gasteiger partial charge in [-0.15, -0.1) is 12.3 Å². The van der Waals surface area contributed by atoms with Crippen LogP contribution in [0.2, 0.25) is 0 Å². The Bertz CT molecular complexity index is 1120. The summed E-state index contributed by atoms with van der Waals surface area (Å²) in [5.41, 5.74) is 1.27. The van der Waals surface area contributed by atoms with Crippen molar-refractivity contribution < 1.29 is 19.1 Å². The molecular weight excluding hydrogens is 408 g/mol. The van der Waals surface area contributed by atoms with E-state index >= 15 is 0 Å². The smallest absolute Gasteiger partial charge is 0.261 e. The van der Waals surface area contributed by atoms with Crippen molar-refractivity contribution in [3.05, 3.63) is 64.7 Å². The Kier molecular flexibility index (Phi) is 5.73. The first-order valence-electron chi connectivity index (χ1n) is 10.3. The molecule has 162 valence electrons. The summed E-state index contributed by atoms with van der Waals surface area (Å²) in [6.45, 7) is 0.436. The molecule has 2 aliphatic rings. The van der Waals surface area contributed by atoms with Gasteiger partial charge < -0.3 is 10.1 Å². The molecule has 0 atom stereocenters. The Balaban J connectivity index is 1.44.